The Balaban J connectivity index is 1.58. The fraction of sp³-hybridized carbons (Fsp3) is 0.150. The number of benzene rings is 2. The molecule has 0 fully saturated rings. The Morgan fingerprint density at radius 3 is 2.74 bits per heavy atom. The standard InChI is InChI=1S/C20H19ClN4O2/c1-27-17-4-2-3-16(13-17)24-19(26)18-10-12-23-20(25-18)22-11-9-14-5-7-15(21)8-6-14/h2-8,10,12-13H,9,11H2,1H3,(H,24,26)(H,22,23,25). The second-order valence-electron chi connectivity index (χ2n) is 5.75. The molecule has 0 atom stereocenters. The van der Waals surface area contributed by atoms with Crippen molar-refractivity contribution in [3.8, 4) is 5.75 Å². The highest BCUT2D eigenvalue weighted by molar-refractivity contribution is 6.30. The van der Waals surface area contributed by atoms with Crippen LogP contribution in [0.5, 0.6) is 5.75 Å². The number of nitrogens with zero attached hydrogens (tertiary/aromatic N) is 2. The molecular formula is C20H19ClN4O2. The summed E-state index contributed by atoms with van der Waals surface area (Å²) in [7, 11) is 1.58. The molecule has 1 aromatic heterocycles. The molecule has 0 aliphatic rings. The number of methoxy groups -OCH3 is 1. The van der Waals surface area contributed by atoms with Gasteiger partial charge in [-0.2, -0.15) is 0 Å². The molecule has 138 valence electrons. The highest BCUT2D eigenvalue weighted by Gasteiger charge is 2.09. The highest BCUT2D eigenvalue weighted by atomic mass is 35.5. The van der Waals surface area contributed by atoms with E-state index >= 15 is 0 Å². The summed E-state index contributed by atoms with van der Waals surface area (Å²) in [6.07, 6.45) is 2.35. The summed E-state index contributed by atoms with van der Waals surface area (Å²) in [5, 5.41) is 6.64. The van der Waals surface area contributed by atoms with Crippen LogP contribution in [-0.2, 0) is 6.42 Å². The molecule has 0 unspecified atom stereocenters. The van der Waals surface area contributed by atoms with Crippen LogP contribution in [-0.4, -0.2) is 29.5 Å². The molecule has 27 heavy (non-hydrogen) atoms. The van der Waals surface area contributed by atoms with Gasteiger partial charge in [-0.1, -0.05) is 29.8 Å². The number of carbonyl (C=O) groups is 1. The summed E-state index contributed by atoms with van der Waals surface area (Å²) in [5.41, 5.74) is 2.07. The molecule has 0 spiro atoms. The molecule has 0 radical (unpaired) electrons. The number of rotatable bonds is 7. The predicted molar refractivity (Wildman–Crippen MR) is 107 cm³/mol. The average Bonchev–Trinajstić information content (AvgIpc) is 2.70. The molecule has 3 rings (SSSR count). The van der Waals surface area contributed by atoms with Gasteiger partial charge in [0.1, 0.15) is 11.4 Å². The first-order valence-corrected chi connectivity index (χ1v) is 8.78. The maximum absolute atomic E-state index is 12.4. The minimum absolute atomic E-state index is 0.279. The molecule has 2 N–H and O–H groups in total. The molecule has 0 aliphatic carbocycles. The minimum atomic E-state index is -0.314. The van der Waals surface area contributed by atoms with Crippen LogP contribution in [0.4, 0.5) is 11.6 Å². The lowest BCUT2D eigenvalue weighted by molar-refractivity contribution is 0.102. The van der Waals surface area contributed by atoms with Crippen LogP contribution in [0.25, 0.3) is 0 Å². The van der Waals surface area contributed by atoms with Gasteiger partial charge in [-0.05, 0) is 42.3 Å². The Bertz CT molecular complexity index is 916. The number of hydrogen-bond donors (Lipinski definition) is 2. The Hall–Kier alpha value is -3.12. The second-order valence-corrected chi connectivity index (χ2v) is 6.19. The third-order valence-electron chi connectivity index (χ3n) is 3.83. The minimum Gasteiger partial charge on any atom is -0.497 e. The molecule has 3 aromatic rings. The van der Waals surface area contributed by atoms with Crippen molar-refractivity contribution in [3.63, 3.8) is 0 Å². The van der Waals surface area contributed by atoms with Crippen molar-refractivity contribution in [2.75, 3.05) is 24.3 Å². The van der Waals surface area contributed by atoms with E-state index < -0.39 is 0 Å². The van der Waals surface area contributed by atoms with Crippen molar-refractivity contribution in [2.45, 2.75) is 6.42 Å². The summed E-state index contributed by atoms with van der Waals surface area (Å²) >= 11 is 5.88. The van der Waals surface area contributed by atoms with Crippen LogP contribution in [0, 0.1) is 0 Å². The van der Waals surface area contributed by atoms with Gasteiger partial charge in [0.15, 0.2) is 0 Å². The van der Waals surface area contributed by atoms with Crippen molar-refractivity contribution < 1.29 is 9.53 Å². The number of hydrogen-bond acceptors (Lipinski definition) is 5. The first kappa shape index (κ1) is 18.7. The molecule has 6 nitrogen and oxygen atoms in total. The van der Waals surface area contributed by atoms with Gasteiger partial charge in [-0.3, -0.25) is 4.79 Å². The summed E-state index contributed by atoms with van der Waals surface area (Å²) in [6.45, 7) is 0.641. The second kappa shape index (κ2) is 9.00. The molecule has 0 aliphatic heterocycles. The van der Waals surface area contributed by atoms with Crippen molar-refractivity contribution >= 4 is 29.1 Å². The SMILES string of the molecule is COc1cccc(NC(=O)c2ccnc(NCCc3ccc(Cl)cc3)n2)c1. The Morgan fingerprint density at radius 1 is 1.15 bits per heavy atom. The number of anilines is 2. The Kier molecular flexibility index (Phi) is 6.22. The van der Waals surface area contributed by atoms with E-state index in [9.17, 15) is 4.79 Å². The highest BCUT2D eigenvalue weighted by Crippen LogP contribution is 2.17. The van der Waals surface area contributed by atoms with E-state index in [0.29, 0.717) is 29.0 Å². The van der Waals surface area contributed by atoms with Crippen LogP contribution in [0.3, 0.4) is 0 Å². The molecule has 2 aromatic carbocycles. The number of halogens is 1. The fourth-order valence-electron chi connectivity index (χ4n) is 2.44. The maximum Gasteiger partial charge on any atom is 0.274 e. The van der Waals surface area contributed by atoms with Crippen molar-refractivity contribution in [1.82, 2.24) is 9.97 Å². The van der Waals surface area contributed by atoms with E-state index in [4.69, 9.17) is 16.3 Å². The molecule has 0 saturated carbocycles. The fourth-order valence-corrected chi connectivity index (χ4v) is 2.56. The van der Waals surface area contributed by atoms with E-state index in [1.807, 2.05) is 30.3 Å². The van der Waals surface area contributed by atoms with Crippen LogP contribution >= 0.6 is 11.6 Å². The van der Waals surface area contributed by atoms with Gasteiger partial charge >= 0.3 is 0 Å². The van der Waals surface area contributed by atoms with Crippen LogP contribution in [0.1, 0.15) is 16.1 Å². The van der Waals surface area contributed by atoms with Crippen molar-refractivity contribution in [3.05, 3.63) is 77.1 Å². The van der Waals surface area contributed by atoms with Gasteiger partial charge in [-0.15, -0.1) is 0 Å². The predicted octanol–water partition coefficient (Wildman–Crippen LogP) is 4.05. The van der Waals surface area contributed by atoms with Gasteiger partial charge in [0.05, 0.1) is 7.11 Å². The van der Waals surface area contributed by atoms with Gasteiger partial charge in [0, 0.05) is 29.5 Å². The smallest absolute Gasteiger partial charge is 0.274 e. The zero-order valence-electron chi connectivity index (χ0n) is 14.8. The largest absolute Gasteiger partial charge is 0.497 e. The molecule has 1 amide bonds. The summed E-state index contributed by atoms with van der Waals surface area (Å²) < 4.78 is 5.15. The average molecular weight is 383 g/mol. The number of amides is 1. The molecule has 0 bridgehead atoms. The van der Waals surface area contributed by atoms with Gasteiger partial charge in [0.2, 0.25) is 5.95 Å². The van der Waals surface area contributed by atoms with Crippen molar-refractivity contribution in [2.24, 2.45) is 0 Å². The molecule has 7 heteroatoms. The third-order valence-corrected chi connectivity index (χ3v) is 4.08. The lowest BCUT2D eigenvalue weighted by atomic mass is 10.1. The maximum atomic E-state index is 12.4. The molecular weight excluding hydrogens is 364 g/mol. The van der Waals surface area contributed by atoms with E-state index in [-0.39, 0.29) is 11.6 Å². The van der Waals surface area contributed by atoms with Crippen molar-refractivity contribution in [1.29, 1.82) is 0 Å². The van der Waals surface area contributed by atoms with E-state index in [2.05, 4.69) is 20.6 Å². The van der Waals surface area contributed by atoms with Gasteiger partial charge in [0.25, 0.3) is 5.91 Å². The quantitative estimate of drug-likeness (QED) is 0.644. The first-order chi connectivity index (χ1) is 13.1. The summed E-state index contributed by atoms with van der Waals surface area (Å²) in [5.74, 6) is 0.758. The number of carbonyl (C=O) groups excluding carboxylic acids is 1. The molecule has 1 heterocycles. The lowest BCUT2D eigenvalue weighted by Crippen LogP contribution is -2.16. The zero-order valence-corrected chi connectivity index (χ0v) is 15.5. The zero-order chi connectivity index (χ0) is 19.1. The lowest BCUT2D eigenvalue weighted by Gasteiger charge is -2.08. The number of ether oxygens (including phenoxy) is 1. The Morgan fingerprint density at radius 2 is 1.96 bits per heavy atom. The van der Waals surface area contributed by atoms with E-state index in [0.717, 1.165) is 12.0 Å². The third kappa shape index (κ3) is 5.43. The molecule has 0 saturated heterocycles. The van der Waals surface area contributed by atoms with Crippen LogP contribution in [0.2, 0.25) is 5.02 Å². The monoisotopic (exact) mass is 382 g/mol. The van der Waals surface area contributed by atoms with E-state index in [1.54, 1.807) is 37.6 Å². The first-order valence-electron chi connectivity index (χ1n) is 8.41. The van der Waals surface area contributed by atoms with Crippen LogP contribution < -0.4 is 15.4 Å². The Labute approximate surface area is 162 Å². The van der Waals surface area contributed by atoms with E-state index in [1.165, 1.54) is 0 Å². The normalized spacial score (nSPS) is 10.3. The number of nitrogens with one attached hydrogen (secondary N) is 2. The topological polar surface area (TPSA) is 76.1 Å². The summed E-state index contributed by atoms with van der Waals surface area (Å²) in [4.78, 5) is 20.8. The van der Waals surface area contributed by atoms with Gasteiger partial charge < -0.3 is 15.4 Å². The summed E-state index contributed by atoms with van der Waals surface area (Å²) in [6, 6.07) is 16.4. The number of aromatic nitrogens is 2. The van der Waals surface area contributed by atoms with Crippen LogP contribution in [0.15, 0.2) is 60.8 Å². The van der Waals surface area contributed by atoms with Gasteiger partial charge in [-0.25, -0.2) is 9.97 Å².